The fourth-order valence-corrected chi connectivity index (χ4v) is 3.69. The molecule has 3 heterocycles. The molecule has 3 aromatic heterocycles. The summed E-state index contributed by atoms with van der Waals surface area (Å²) in [5.41, 5.74) is 0.639. The van der Waals surface area contributed by atoms with E-state index >= 15 is 0 Å². The fraction of sp³-hybridized carbons (Fsp3) is 0.278. The van der Waals surface area contributed by atoms with Crippen LogP contribution < -0.4 is 5.32 Å². The molecule has 0 spiro atoms. The van der Waals surface area contributed by atoms with Crippen molar-refractivity contribution in [2.24, 2.45) is 0 Å². The predicted molar refractivity (Wildman–Crippen MR) is 99.8 cm³/mol. The Morgan fingerprint density at radius 3 is 2.79 bits per heavy atom. The highest BCUT2D eigenvalue weighted by molar-refractivity contribution is 7.18. The first-order valence-electron chi connectivity index (χ1n) is 8.41. The van der Waals surface area contributed by atoms with Crippen LogP contribution in [0.3, 0.4) is 0 Å². The van der Waals surface area contributed by atoms with Crippen LogP contribution in [0.15, 0.2) is 41.3 Å². The molecule has 0 radical (unpaired) electrons. The average Bonchev–Trinajstić information content (AvgIpc) is 3.35. The first kappa shape index (κ1) is 20.6. The van der Waals surface area contributed by atoms with Gasteiger partial charge < -0.3 is 19.2 Å². The molecule has 1 N–H and O–H groups in total. The zero-order chi connectivity index (χ0) is 21.2. The van der Waals surface area contributed by atoms with Crippen LogP contribution in [-0.4, -0.2) is 39.5 Å². The Balaban J connectivity index is 1.70. The molecule has 11 heteroatoms. The molecule has 0 aliphatic rings. The van der Waals surface area contributed by atoms with Crippen LogP contribution in [0.1, 0.15) is 31.6 Å². The highest BCUT2D eigenvalue weighted by Crippen LogP contribution is 2.28. The number of aromatic nitrogens is 2. The molecule has 0 fully saturated rings. The lowest BCUT2D eigenvalue weighted by Gasteiger charge is -2.18. The van der Waals surface area contributed by atoms with E-state index in [4.69, 9.17) is 4.42 Å². The van der Waals surface area contributed by atoms with Gasteiger partial charge in [-0.05, 0) is 30.7 Å². The van der Waals surface area contributed by atoms with Crippen LogP contribution in [0, 0.1) is 6.92 Å². The van der Waals surface area contributed by atoms with Crippen molar-refractivity contribution in [1.29, 1.82) is 0 Å². The third-order valence-electron chi connectivity index (χ3n) is 3.97. The molecule has 0 aromatic carbocycles. The van der Waals surface area contributed by atoms with Gasteiger partial charge in [0.2, 0.25) is 0 Å². The van der Waals surface area contributed by atoms with Crippen molar-refractivity contribution in [3.05, 3.63) is 58.9 Å². The lowest BCUT2D eigenvalue weighted by molar-refractivity contribution is -0.141. The number of hydrogen-bond acceptors (Lipinski definition) is 5. The number of thiophene rings is 1. The fourth-order valence-electron chi connectivity index (χ4n) is 2.62. The molecule has 0 unspecified atom stereocenters. The second-order valence-electron chi connectivity index (χ2n) is 6.30. The molecular formula is C18H17F3N4O3S. The lowest BCUT2D eigenvalue weighted by Crippen LogP contribution is -2.28. The summed E-state index contributed by atoms with van der Waals surface area (Å²) >= 11 is 1.08. The van der Waals surface area contributed by atoms with Crippen LogP contribution in [0.25, 0.3) is 0 Å². The van der Waals surface area contributed by atoms with Crippen molar-refractivity contribution in [2.45, 2.75) is 26.2 Å². The number of anilines is 1. The number of rotatable bonds is 6. The normalized spacial score (nSPS) is 11.5. The van der Waals surface area contributed by atoms with Crippen molar-refractivity contribution in [3.63, 3.8) is 0 Å². The van der Waals surface area contributed by atoms with E-state index in [-0.39, 0.29) is 24.0 Å². The Kier molecular flexibility index (Phi) is 5.78. The van der Waals surface area contributed by atoms with E-state index in [1.54, 1.807) is 19.1 Å². The summed E-state index contributed by atoms with van der Waals surface area (Å²) in [6, 6.07) is 4.75. The van der Waals surface area contributed by atoms with Gasteiger partial charge in [0.1, 0.15) is 12.4 Å². The molecule has 0 aliphatic heterocycles. The Labute approximate surface area is 167 Å². The molecule has 2 amide bonds. The number of nitrogens with zero attached hydrogens (tertiary/aromatic N) is 3. The summed E-state index contributed by atoms with van der Waals surface area (Å²) in [6.45, 7) is 0.448. The number of carbonyl (C=O) groups excluding carboxylic acids is 2. The first-order chi connectivity index (χ1) is 13.6. The van der Waals surface area contributed by atoms with E-state index < -0.39 is 18.6 Å². The summed E-state index contributed by atoms with van der Waals surface area (Å²) in [5, 5.41) is 3.11. The van der Waals surface area contributed by atoms with Crippen LogP contribution in [0.5, 0.6) is 0 Å². The van der Waals surface area contributed by atoms with Crippen LogP contribution >= 0.6 is 11.3 Å². The minimum atomic E-state index is -4.39. The maximum Gasteiger partial charge on any atom is 0.406 e. The van der Waals surface area contributed by atoms with Gasteiger partial charge in [-0.1, -0.05) is 0 Å². The molecular weight excluding hydrogens is 409 g/mol. The molecule has 7 nitrogen and oxygen atoms in total. The van der Waals surface area contributed by atoms with Gasteiger partial charge >= 0.3 is 6.18 Å². The summed E-state index contributed by atoms with van der Waals surface area (Å²) < 4.78 is 43.9. The van der Waals surface area contributed by atoms with Gasteiger partial charge in [-0.15, -0.1) is 11.3 Å². The summed E-state index contributed by atoms with van der Waals surface area (Å²) in [6.07, 6.45) is -0.525. The molecule has 0 saturated carbocycles. The van der Waals surface area contributed by atoms with Gasteiger partial charge in [-0.2, -0.15) is 13.2 Å². The Morgan fingerprint density at radius 1 is 1.38 bits per heavy atom. The molecule has 0 aliphatic carbocycles. The smallest absolute Gasteiger partial charge is 0.406 e. The molecule has 154 valence electrons. The lowest BCUT2D eigenvalue weighted by atomic mass is 10.2. The van der Waals surface area contributed by atoms with Gasteiger partial charge in [-0.3, -0.25) is 9.59 Å². The van der Waals surface area contributed by atoms with E-state index in [1.165, 1.54) is 36.7 Å². The minimum absolute atomic E-state index is 0.0899. The highest BCUT2D eigenvalue weighted by Gasteiger charge is 2.29. The van der Waals surface area contributed by atoms with Crippen molar-refractivity contribution < 1.29 is 27.2 Å². The first-order valence-corrected chi connectivity index (χ1v) is 9.23. The second kappa shape index (κ2) is 8.11. The monoisotopic (exact) mass is 426 g/mol. The molecule has 3 aromatic rings. The van der Waals surface area contributed by atoms with E-state index in [2.05, 4.69) is 10.3 Å². The molecule has 0 saturated heterocycles. The number of carbonyl (C=O) groups is 2. The number of hydrogen-bond donors (Lipinski definition) is 1. The third-order valence-corrected chi connectivity index (χ3v) is 5.11. The molecule has 0 bridgehead atoms. The molecule has 29 heavy (non-hydrogen) atoms. The summed E-state index contributed by atoms with van der Waals surface area (Å²) in [4.78, 5) is 30.4. The molecule has 3 rings (SSSR count). The number of aryl methyl sites for hydroxylation is 1. The van der Waals surface area contributed by atoms with Gasteiger partial charge in [0.25, 0.3) is 11.8 Å². The van der Waals surface area contributed by atoms with Crippen LogP contribution in [0.2, 0.25) is 0 Å². The van der Waals surface area contributed by atoms with Crippen LogP contribution in [-0.2, 0) is 13.1 Å². The zero-order valence-corrected chi connectivity index (χ0v) is 16.3. The largest absolute Gasteiger partial charge is 0.459 e. The average molecular weight is 426 g/mol. The quantitative estimate of drug-likeness (QED) is 0.648. The Morgan fingerprint density at radius 2 is 2.14 bits per heavy atom. The van der Waals surface area contributed by atoms with Gasteiger partial charge in [-0.25, -0.2) is 4.98 Å². The van der Waals surface area contributed by atoms with Gasteiger partial charge in [0.15, 0.2) is 5.76 Å². The van der Waals surface area contributed by atoms with E-state index in [0.29, 0.717) is 15.4 Å². The van der Waals surface area contributed by atoms with Crippen molar-refractivity contribution in [3.8, 4) is 0 Å². The number of amides is 2. The standard InChI is InChI=1S/C18H17F3N4O3S/c1-11-8-14(23-16(26)12-4-3-7-28-12)29-15(11)17(27)24(2)9-13-22-5-6-25(13)10-18(19,20)21/h3-8H,9-10H2,1-2H3,(H,23,26). The topological polar surface area (TPSA) is 80.4 Å². The number of imidazole rings is 1. The zero-order valence-electron chi connectivity index (χ0n) is 15.5. The molecule has 0 atom stereocenters. The maximum atomic E-state index is 12.8. The summed E-state index contributed by atoms with van der Waals surface area (Å²) in [5.74, 6) is -0.568. The van der Waals surface area contributed by atoms with Crippen LogP contribution in [0.4, 0.5) is 18.2 Å². The number of alkyl halides is 3. The van der Waals surface area contributed by atoms with Crippen molar-refractivity contribution >= 4 is 28.2 Å². The maximum absolute atomic E-state index is 12.8. The SMILES string of the molecule is Cc1cc(NC(=O)c2ccco2)sc1C(=O)N(C)Cc1nccn1CC(F)(F)F. The third kappa shape index (κ3) is 5.05. The van der Waals surface area contributed by atoms with Gasteiger partial charge in [0.05, 0.1) is 22.7 Å². The van der Waals surface area contributed by atoms with Gasteiger partial charge in [0, 0.05) is 19.4 Å². The summed E-state index contributed by atoms with van der Waals surface area (Å²) in [7, 11) is 1.48. The van der Waals surface area contributed by atoms with E-state index in [1.807, 2.05) is 0 Å². The number of halogens is 3. The Bertz CT molecular complexity index is 1010. The van der Waals surface area contributed by atoms with Crippen molar-refractivity contribution in [2.75, 3.05) is 12.4 Å². The minimum Gasteiger partial charge on any atom is -0.459 e. The van der Waals surface area contributed by atoms with Crippen molar-refractivity contribution in [1.82, 2.24) is 14.5 Å². The van der Waals surface area contributed by atoms with E-state index in [0.717, 1.165) is 15.9 Å². The Hall–Kier alpha value is -3.08. The number of furan rings is 1. The highest BCUT2D eigenvalue weighted by atomic mass is 32.1. The predicted octanol–water partition coefficient (Wildman–Crippen LogP) is 3.93. The van der Waals surface area contributed by atoms with E-state index in [9.17, 15) is 22.8 Å². The second-order valence-corrected chi connectivity index (χ2v) is 7.35. The number of nitrogens with one attached hydrogen (secondary N) is 1.